The zero-order valence-electron chi connectivity index (χ0n) is 9.89. The Morgan fingerprint density at radius 1 is 1.25 bits per heavy atom. The molecule has 0 saturated heterocycles. The topological polar surface area (TPSA) is 83.9 Å². The van der Waals surface area contributed by atoms with Crippen molar-refractivity contribution in [1.82, 2.24) is 4.90 Å². The average Bonchev–Trinajstić information content (AvgIpc) is 2.25. The number of carbonyl (C=O) groups excluding carboxylic acids is 2. The molecule has 6 heteroatoms. The molecule has 2 unspecified atom stereocenters. The highest BCUT2D eigenvalue weighted by Crippen LogP contribution is 2.13. The van der Waals surface area contributed by atoms with Crippen molar-refractivity contribution < 1.29 is 24.2 Å². The molecule has 0 aliphatic rings. The summed E-state index contributed by atoms with van der Waals surface area (Å²) >= 11 is 0. The number of hydrogen-bond donors (Lipinski definition) is 1. The highest BCUT2D eigenvalue weighted by Gasteiger charge is 2.28. The zero-order valence-corrected chi connectivity index (χ0v) is 9.89. The fourth-order valence-electron chi connectivity index (χ4n) is 1.11. The number of carbonyl (C=O) groups is 3. The summed E-state index contributed by atoms with van der Waals surface area (Å²) in [5.74, 6) is -3.42. The number of carboxylic acids is 1. The van der Waals surface area contributed by atoms with Crippen LogP contribution in [0.1, 0.15) is 13.8 Å². The lowest BCUT2D eigenvalue weighted by molar-refractivity contribution is -0.151. The molecule has 0 heterocycles. The van der Waals surface area contributed by atoms with Crippen molar-refractivity contribution >= 4 is 17.8 Å². The quantitative estimate of drug-likeness (QED) is 0.672. The summed E-state index contributed by atoms with van der Waals surface area (Å²) in [6, 6.07) is 0. The minimum Gasteiger partial charge on any atom is -0.481 e. The van der Waals surface area contributed by atoms with E-state index in [4.69, 9.17) is 5.11 Å². The maximum atomic E-state index is 11.7. The Morgan fingerprint density at radius 2 is 1.75 bits per heavy atom. The molecule has 0 aliphatic heterocycles. The first-order valence-electron chi connectivity index (χ1n) is 4.85. The number of ether oxygens (including phenoxy) is 1. The lowest BCUT2D eigenvalue weighted by Gasteiger charge is -2.22. The van der Waals surface area contributed by atoms with Crippen LogP contribution in [0.3, 0.4) is 0 Å². The maximum absolute atomic E-state index is 11.7. The van der Waals surface area contributed by atoms with Crippen molar-refractivity contribution in [3.05, 3.63) is 0 Å². The monoisotopic (exact) mass is 231 g/mol. The van der Waals surface area contributed by atoms with Crippen LogP contribution in [0.2, 0.25) is 0 Å². The Morgan fingerprint density at radius 3 is 2.12 bits per heavy atom. The van der Waals surface area contributed by atoms with Crippen molar-refractivity contribution in [2.45, 2.75) is 13.8 Å². The van der Waals surface area contributed by atoms with Crippen LogP contribution in [0, 0.1) is 11.8 Å². The third kappa shape index (κ3) is 3.88. The van der Waals surface area contributed by atoms with Gasteiger partial charge in [0.2, 0.25) is 5.91 Å². The van der Waals surface area contributed by atoms with Gasteiger partial charge in [0.25, 0.3) is 0 Å². The Bertz CT molecular complexity index is 289. The minimum absolute atomic E-state index is 0.175. The number of amides is 1. The van der Waals surface area contributed by atoms with Gasteiger partial charge in [-0.15, -0.1) is 0 Å². The molecule has 0 bridgehead atoms. The van der Waals surface area contributed by atoms with Gasteiger partial charge in [-0.05, 0) is 0 Å². The molecule has 0 fully saturated rings. The SMILES string of the molecule is COC(=O)CN(C)C(=O)C(C)C(C)C(=O)O. The van der Waals surface area contributed by atoms with Crippen LogP contribution in [-0.4, -0.2) is 48.6 Å². The smallest absolute Gasteiger partial charge is 0.325 e. The van der Waals surface area contributed by atoms with Crippen molar-refractivity contribution in [2.75, 3.05) is 20.7 Å². The van der Waals surface area contributed by atoms with Crippen LogP contribution in [-0.2, 0) is 19.1 Å². The number of likely N-dealkylation sites (N-methyl/N-ethyl adjacent to an activating group) is 1. The Labute approximate surface area is 94.2 Å². The minimum atomic E-state index is -1.03. The second-order valence-electron chi connectivity index (χ2n) is 3.69. The van der Waals surface area contributed by atoms with E-state index in [1.165, 1.54) is 28.0 Å². The van der Waals surface area contributed by atoms with Crippen molar-refractivity contribution in [2.24, 2.45) is 11.8 Å². The van der Waals surface area contributed by atoms with Gasteiger partial charge in [0.05, 0.1) is 13.0 Å². The molecule has 0 spiro atoms. The van der Waals surface area contributed by atoms with E-state index < -0.39 is 23.8 Å². The highest BCUT2D eigenvalue weighted by molar-refractivity contribution is 5.86. The molecule has 0 aliphatic carbocycles. The number of carboxylic acid groups (broad SMARTS) is 1. The first-order valence-corrected chi connectivity index (χ1v) is 4.85. The third-order valence-corrected chi connectivity index (χ3v) is 2.50. The van der Waals surface area contributed by atoms with E-state index in [9.17, 15) is 14.4 Å². The summed E-state index contributed by atoms with van der Waals surface area (Å²) in [6.45, 7) is 2.80. The molecule has 1 amide bonds. The summed E-state index contributed by atoms with van der Waals surface area (Å²) in [4.78, 5) is 34.5. The van der Waals surface area contributed by atoms with Gasteiger partial charge in [0, 0.05) is 13.0 Å². The van der Waals surface area contributed by atoms with E-state index in [1.807, 2.05) is 0 Å². The van der Waals surface area contributed by atoms with Gasteiger partial charge in [-0.2, -0.15) is 0 Å². The molecule has 0 aromatic rings. The molecule has 0 aromatic carbocycles. The summed E-state index contributed by atoms with van der Waals surface area (Å²) in [6.07, 6.45) is 0. The number of methoxy groups -OCH3 is 1. The van der Waals surface area contributed by atoms with Crippen LogP contribution in [0.25, 0.3) is 0 Å². The normalized spacial score (nSPS) is 13.8. The van der Waals surface area contributed by atoms with Gasteiger partial charge in [-0.25, -0.2) is 0 Å². The summed E-state index contributed by atoms with van der Waals surface area (Å²) < 4.78 is 4.41. The number of hydrogen-bond acceptors (Lipinski definition) is 4. The van der Waals surface area contributed by atoms with E-state index in [-0.39, 0.29) is 12.5 Å². The summed E-state index contributed by atoms with van der Waals surface area (Å²) in [5.41, 5.74) is 0. The predicted molar refractivity (Wildman–Crippen MR) is 55.6 cm³/mol. The molecule has 0 saturated carbocycles. The van der Waals surface area contributed by atoms with E-state index in [0.717, 1.165) is 4.90 Å². The van der Waals surface area contributed by atoms with Gasteiger partial charge >= 0.3 is 11.9 Å². The average molecular weight is 231 g/mol. The predicted octanol–water partition coefficient (Wildman–Crippen LogP) is -0.0254. The third-order valence-electron chi connectivity index (χ3n) is 2.50. The molecular weight excluding hydrogens is 214 g/mol. The van der Waals surface area contributed by atoms with Crippen molar-refractivity contribution in [1.29, 1.82) is 0 Å². The first kappa shape index (κ1) is 14.4. The molecule has 0 radical (unpaired) electrons. The van der Waals surface area contributed by atoms with Crippen molar-refractivity contribution in [3.8, 4) is 0 Å². The molecule has 1 N–H and O–H groups in total. The molecular formula is C10H17NO5. The molecule has 2 atom stereocenters. The van der Waals surface area contributed by atoms with Gasteiger partial charge in [-0.3, -0.25) is 14.4 Å². The van der Waals surface area contributed by atoms with Crippen LogP contribution in [0.5, 0.6) is 0 Å². The summed E-state index contributed by atoms with van der Waals surface area (Å²) in [5, 5.41) is 8.75. The molecule has 16 heavy (non-hydrogen) atoms. The van der Waals surface area contributed by atoms with Gasteiger partial charge < -0.3 is 14.7 Å². The Kier molecular flexibility index (Phi) is 5.49. The number of esters is 1. The lowest BCUT2D eigenvalue weighted by atomic mass is 9.95. The second kappa shape index (κ2) is 6.09. The lowest BCUT2D eigenvalue weighted by Crippen LogP contribution is -2.39. The Hall–Kier alpha value is -1.59. The van der Waals surface area contributed by atoms with Gasteiger partial charge in [0.15, 0.2) is 0 Å². The molecule has 0 rings (SSSR count). The van der Waals surface area contributed by atoms with E-state index >= 15 is 0 Å². The fraction of sp³-hybridized carbons (Fsp3) is 0.700. The molecule has 6 nitrogen and oxygen atoms in total. The van der Waals surface area contributed by atoms with E-state index in [2.05, 4.69) is 4.74 Å². The first-order chi connectivity index (χ1) is 7.31. The largest absolute Gasteiger partial charge is 0.481 e. The van der Waals surface area contributed by atoms with E-state index in [1.54, 1.807) is 0 Å². The van der Waals surface area contributed by atoms with Crippen LogP contribution in [0.15, 0.2) is 0 Å². The maximum Gasteiger partial charge on any atom is 0.325 e. The second-order valence-corrected chi connectivity index (χ2v) is 3.69. The van der Waals surface area contributed by atoms with Gasteiger partial charge in [0.1, 0.15) is 6.54 Å². The van der Waals surface area contributed by atoms with Crippen LogP contribution < -0.4 is 0 Å². The highest BCUT2D eigenvalue weighted by atomic mass is 16.5. The molecule has 92 valence electrons. The number of aliphatic carboxylic acids is 1. The zero-order chi connectivity index (χ0) is 12.9. The van der Waals surface area contributed by atoms with Crippen LogP contribution >= 0.6 is 0 Å². The molecule has 0 aromatic heterocycles. The Balaban J connectivity index is 4.43. The number of nitrogens with zero attached hydrogens (tertiary/aromatic N) is 1. The standard InChI is InChI=1S/C10H17NO5/c1-6(7(2)10(14)15)9(13)11(3)5-8(12)16-4/h6-7H,5H2,1-4H3,(H,14,15). The fourth-order valence-corrected chi connectivity index (χ4v) is 1.11. The van der Waals surface area contributed by atoms with E-state index in [0.29, 0.717) is 0 Å². The summed E-state index contributed by atoms with van der Waals surface area (Å²) in [7, 11) is 2.66. The van der Waals surface area contributed by atoms with Crippen LogP contribution in [0.4, 0.5) is 0 Å². The van der Waals surface area contributed by atoms with Crippen molar-refractivity contribution in [3.63, 3.8) is 0 Å². The van der Waals surface area contributed by atoms with Gasteiger partial charge in [-0.1, -0.05) is 13.8 Å². The number of rotatable bonds is 5.